The van der Waals surface area contributed by atoms with Crippen LogP contribution < -0.4 is 5.32 Å². The number of aryl methyl sites for hydroxylation is 2. The molecule has 1 atom stereocenters. The fraction of sp³-hybridized carbons (Fsp3) is 0.500. The van der Waals surface area contributed by atoms with E-state index in [-0.39, 0.29) is 6.04 Å². The van der Waals surface area contributed by atoms with Gasteiger partial charge in [-0.1, -0.05) is 4.49 Å². The second-order valence-electron chi connectivity index (χ2n) is 3.78. The van der Waals surface area contributed by atoms with Crippen molar-refractivity contribution in [2.24, 2.45) is 7.05 Å². The van der Waals surface area contributed by atoms with E-state index in [4.69, 9.17) is 0 Å². The van der Waals surface area contributed by atoms with E-state index in [1.54, 1.807) is 0 Å². The van der Waals surface area contributed by atoms with Gasteiger partial charge in [0.2, 0.25) is 0 Å². The molecular formula is C10H15N5S. The molecule has 16 heavy (non-hydrogen) atoms. The molecule has 1 N–H and O–H groups in total. The third-order valence-electron chi connectivity index (χ3n) is 2.59. The molecule has 0 aliphatic heterocycles. The van der Waals surface area contributed by atoms with Gasteiger partial charge in [-0.3, -0.25) is 4.68 Å². The van der Waals surface area contributed by atoms with Gasteiger partial charge in [-0.05, 0) is 31.6 Å². The van der Waals surface area contributed by atoms with Crippen LogP contribution in [0.4, 0.5) is 0 Å². The summed E-state index contributed by atoms with van der Waals surface area (Å²) < 4.78 is 5.81. The highest BCUT2D eigenvalue weighted by Crippen LogP contribution is 2.17. The van der Waals surface area contributed by atoms with Crippen molar-refractivity contribution in [2.75, 3.05) is 7.05 Å². The minimum Gasteiger partial charge on any atom is -0.311 e. The SMILES string of the molecule is CNC(Cc1cc(C)nn1C)c1csnn1. The second-order valence-corrected chi connectivity index (χ2v) is 4.39. The Labute approximate surface area is 98.7 Å². The van der Waals surface area contributed by atoms with Gasteiger partial charge in [0.25, 0.3) is 0 Å². The quantitative estimate of drug-likeness (QED) is 0.864. The van der Waals surface area contributed by atoms with Gasteiger partial charge in [0.05, 0.1) is 17.4 Å². The van der Waals surface area contributed by atoms with Crippen molar-refractivity contribution in [2.45, 2.75) is 19.4 Å². The Hall–Kier alpha value is -1.27. The van der Waals surface area contributed by atoms with E-state index < -0.39 is 0 Å². The zero-order valence-electron chi connectivity index (χ0n) is 9.64. The number of hydrogen-bond donors (Lipinski definition) is 1. The Bertz CT molecular complexity index is 448. The largest absolute Gasteiger partial charge is 0.311 e. The second kappa shape index (κ2) is 4.71. The molecular weight excluding hydrogens is 222 g/mol. The first-order chi connectivity index (χ1) is 7.70. The summed E-state index contributed by atoms with van der Waals surface area (Å²) in [4.78, 5) is 0. The molecule has 0 aromatic carbocycles. The van der Waals surface area contributed by atoms with Crippen LogP contribution >= 0.6 is 11.5 Å². The highest BCUT2D eigenvalue weighted by molar-refractivity contribution is 7.03. The Kier molecular flexibility index (Phi) is 3.31. The smallest absolute Gasteiger partial charge is 0.0928 e. The third kappa shape index (κ3) is 2.28. The summed E-state index contributed by atoms with van der Waals surface area (Å²) in [5, 5.41) is 13.7. The first-order valence-electron chi connectivity index (χ1n) is 5.14. The summed E-state index contributed by atoms with van der Waals surface area (Å²) in [6.45, 7) is 2.00. The molecule has 1 unspecified atom stereocenters. The fourth-order valence-corrected chi connectivity index (χ4v) is 2.25. The van der Waals surface area contributed by atoms with E-state index in [2.05, 4.69) is 26.1 Å². The molecule has 0 radical (unpaired) electrons. The minimum absolute atomic E-state index is 0.202. The predicted octanol–water partition coefficient (Wildman–Crippen LogP) is 1.08. The zero-order valence-corrected chi connectivity index (χ0v) is 10.5. The number of nitrogens with zero attached hydrogens (tertiary/aromatic N) is 4. The maximum Gasteiger partial charge on any atom is 0.0928 e. The van der Waals surface area contributed by atoms with Crippen LogP contribution in [0, 0.1) is 6.92 Å². The Morgan fingerprint density at radius 1 is 1.56 bits per heavy atom. The van der Waals surface area contributed by atoms with E-state index >= 15 is 0 Å². The first-order valence-corrected chi connectivity index (χ1v) is 5.98. The first kappa shape index (κ1) is 11.2. The lowest BCUT2D eigenvalue weighted by atomic mass is 10.1. The molecule has 0 saturated heterocycles. The number of nitrogens with one attached hydrogen (secondary N) is 1. The Morgan fingerprint density at radius 2 is 2.38 bits per heavy atom. The molecule has 0 aliphatic rings. The number of hydrogen-bond acceptors (Lipinski definition) is 5. The highest BCUT2D eigenvalue weighted by atomic mass is 32.1. The summed E-state index contributed by atoms with van der Waals surface area (Å²) in [7, 11) is 3.90. The van der Waals surface area contributed by atoms with Gasteiger partial charge in [-0.15, -0.1) is 5.10 Å². The van der Waals surface area contributed by atoms with Crippen molar-refractivity contribution in [1.29, 1.82) is 0 Å². The summed E-state index contributed by atoms with van der Waals surface area (Å²) in [5.41, 5.74) is 3.24. The van der Waals surface area contributed by atoms with E-state index in [0.29, 0.717) is 0 Å². The molecule has 2 aromatic heterocycles. The number of likely N-dealkylation sites (N-methyl/N-ethyl adjacent to an activating group) is 1. The Balaban J connectivity index is 2.16. The monoisotopic (exact) mass is 237 g/mol. The van der Waals surface area contributed by atoms with Crippen molar-refractivity contribution in [3.63, 3.8) is 0 Å². The van der Waals surface area contributed by atoms with Crippen molar-refractivity contribution >= 4 is 11.5 Å². The molecule has 86 valence electrons. The number of aromatic nitrogens is 4. The maximum absolute atomic E-state index is 4.34. The van der Waals surface area contributed by atoms with Crippen LogP contribution in [0.15, 0.2) is 11.4 Å². The molecule has 0 amide bonds. The normalized spacial score (nSPS) is 12.9. The van der Waals surface area contributed by atoms with Crippen LogP contribution in [0.3, 0.4) is 0 Å². The zero-order chi connectivity index (χ0) is 11.5. The fourth-order valence-electron chi connectivity index (χ4n) is 1.74. The lowest BCUT2D eigenvalue weighted by Gasteiger charge is -2.12. The topological polar surface area (TPSA) is 55.6 Å². The Morgan fingerprint density at radius 3 is 2.88 bits per heavy atom. The van der Waals surface area contributed by atoms with Crippen molar-refractivity contribution in [3.05, 3.63) is 28.5 Å². The average molecular weight is 237 g/mol. The van der Waals surface area contributed by atoms with E-state index in [1.165, 1.54) is 17.2 Å². The van der Waals surface area contributed by atoms with Crippen molar-refractivity contribution in [1.82, 2.24) is 24.7 Å². The maximum atomic E-state index is 4.34. The lowest BCUT2D eigenvalue weighted by molar-refractivity contribution is 0.547. The molecule has 2 rings (SSSR count). The standard InChI is InChI=1S/C10H15N5S/c1-7-4-8(15(3)13-7)5-9(11-2)10-6-16-14-12-10/h4,6,9,11H,5H2,1-3H3. The molecule has 0 spiro atoms. The molecule has 2 aromatic rings. The molecule has 0 aliphatic carbocycles. The molecule has 0 saturated carbocycles. The molecule has 0 bridgehead atoms. The summed E-state index contributed by atoms with van der Waals surface area (Å²) >= 11 is 1.38. The molecule has 6 heteroatoms. The predicted molar refractivity (Wildman–Crippen MR) is 63.4 cm³/mol. The van der Waals surface area contributed by atoms with Gasteiger partial charge in [-0.25, -0.2) is 0 Å². The van der Waals surface area contributed by atoms with Gasteiger partial charge in [-0.2, -0.15) is 5.10 Å². The summed E-state index contributed by atoms with van der Waals surface area (Å²) in [6, 6.07) is 2.30. The minimum atomic E-state index is 0.202. The van der Waals surface area contributed by atoms with Crippen LogP contribution in [-0.2, 0) is 13.5 Å². The van der Waals surface area contributed by atoms with Gasteiger partial charge < -0.3 is 5.32 Å². The third-order valence-corrected chi connectivity index (χ3v) is 3.12. The van der Waals surface area contributed by atoms with Gasteiger partial charge in [0, 0.05) is 24.5 Å². The highest BCUT2D eigenvalue weighted by Gasteiger charge is 2.15. The van der Waals surface area contributed by atoms with Crippen LogP contribution in [0.1, 0.15) is 23.1 Å². The van der Waals surface area contributed by atoms with Gasteiger partial charge in [0.15, 0.2) is 0 Å². The van der Waals surface area contributed by atoms with Crippen LogP contribution in [0.5, 0.6) is 0 Å². The summed E-state index contributed by atoms with van der Waals surface area (Å²) in [6.07, 6.45) is 0.874. The van der Waals surface area contributed by atoms with Crippen LogP contribution in [0.2, 0.25) is 0 Å². The summed E-state index contributed by atoms with van der Waals surface area (Å²) in [5.74, 6) is 0. The van der Waals surface area contributed by atoms with Crippen LogP contribution in [-0.4, -0.2) is 26.4 Å². The van der Waals surface area contributed by atoms with Crippen LogP contribution in [0.25, 0.3) is 0 Å². The van der Waals surface area contributed by atoms with Crippen molar-refractivity contribution < 1.29 is 0 Å². The van der Waals surface area contributed by atoms with E-state index in [0.717, 1.165) is 17.8 Å². The lowest BCUT2D eigenvalue weighted by Crippen LogP contribution is -2.20. The van der Waals surface area contributed by atoms with E-state index in [1.807, 2.05) is 31.1 Å². The van der Waals surface area contributed by atoms with Crippen molar-refractivity contribution in [3.8, 4) is 0 Å². The molecule has 2 heterocycles. The average Bonchev–Trinajstić information content (AvgIpc) is 2.85. The van der Waals surface area contributed by atoms with Gasteiger partial charge in [0.1, 0.15) is 0 Å². The number of rotatable bonds is 4. The molecule has 0 fully saturated rings. The van der Waals surface area contributed by atoms with Gasteiger partial charge >= 0.3 is 0 Å². The van der Waals surface area contributed by atoms with E-state index in [9.17, 15) is 0 Å². The molecule has 5 nitrogen and oxygen atoms in total.